The summed E-state index contributed by atoms with van der Waals surface area (Å²) in [6.07, 6.45) is 0. The number of halogens is 1. The summed E-state index contributed by atoms with van der Waals surface area (Å²) in [5, 5.41) is 1.97. The van der Waals surface area contributed by atoms with Crippen molar-refractivity contribution >= 4 is 23.7 Å². The standard InChI is InChI=1S/C6H9NOS.ClH/c1-8-5-2-3-9-6(5)4-7;/h2-3H,4,7H2,1H3;1H. The van der Waals surface area contributed by atoms with Gasteiger partial charge in [0.15, 0.2) is 0 Å². The molecular formula is C6H10ClNOS. The normalized spacial score (nSPS) is 8.60. The molecule has 1 rings (SSSR count). The Kier molecular flexibility index (Phi) is 4.43. The fourth-order valence-electron chi connectivity index (χ4n) is 0.660. The van der Waals surface area contributed by atoms with Crippen LogP contribution in [0.3, 0.4) is 0 Å². The van der Waals surface area contributed by atoms with Gasteiger partial charge in [-0.05, 0) is 11.4 Å². The van der Waals surface area contributed by atoms with E-state index in [1.54, 1.807) is 18.4 Å². The van der Waals surface area contributed by atoms with Crippen LogP contribution in [0, 0.1) is 0 Å². The summed E-state index contributed by atoms with van der Waals surface area (Å²) in [6.45, 7) is 0.570. The van der Waals surface area contributed by atoms with Gasteiger partial charge in [0.1, 0.15) is 5.75 Å². The van der Waals surface area contributed by atoms with Gasteiger partial charge in [0.05, 0.1) is 12.0 Å². The van der Waals surface area contributed by atoms with E-state index in [2.05, 4.69) is 0 Å². The van der Waals surface area contributed by atoms with Gasteiger partial charge in [-0.15, -0.1) is 23.7 Å². The number of nitrogens with two attached hydrogens (primary N) is 1. The van der Waals surface area contributed by atoms with Crippen molar-refractivity contribution < 1.29 is 4.74 Å². The number of ether oxygens (including phenoxy) is 1. The van der Waals surface area contributed by atoms with E-state index in [4.69, 9.17) is 10.5 Å². The molecule has 0 bridgehead atoms. The van der Waals surface area contributed by atoms with E-state index in [-0.39, 0.29) is 12.4 Å². The number of hydrogen-bond donors (Lipinski definition) is 1. The topological polar surface area (TPSA) is 35.2 Å². The Morgan fingerprint density at radius 2 is 2.40 bits per heavy atom. The third kappa shape index (κ3) is 1.87. The summed E-state index contributed by atoms with van der Waals surface area (Å²) < 4.78 is 5.01. The molecule has 1 aromatic heterocycles. The maximum atomic E-state index is 5.40. The first kappa shape index (κ1) is 9.75. The lowest BCUT2D eigenvalue weighted by Crippen LogP contribution is -1.94. The van der Waals surface area contributed by atoms with E-state index in [1.165, 1.54) is 0 Å². The number of hydrogen-bond acceptors (Lipinski definition) is 3. The molecule has 0 saturated heterocycles. The summed E-state index contributed by atoms with van der Waals surface area (Å²) in [4.78, 5) is 1.11. The maximum Gasteiger partial charge on any atom is 0.134 e. The second-order valence-electron chi connectivity index (χ2n) is 1.62. The van der Waals surface area contributed by atoms with Gasteiger partial charge >= 0.3 is 0 Å². The van der Waals surface area contributed by atoms with Crippen LogP contribution in [0.2, 0.25) is 0 Å². The van der Waals surface area contributed by atoms with Crippen LogP contribution in [0.5, 0.6) is 5.75 Å². The average Bonchev–Trinajstić information content (AvgIpc) is 2.33. The zero-order valence-electron chi connectivity index (χ0n) is 5.66. The molecule has 58 valence electrons. The minimum absolute atomic E-state index is 0. The van der Waals surface area contributed by atoms with Crippen molar-refractivity contribution in [2.45, 2.75) is 6.54 Å². The fourth-order valence-corrected chi connectivity index (χ4v) is 1.38. The Morgan fingerprint density at radius 1 is 1.70 bits per heavy atom. The van der Waals surface area contributed by atoms with E-state index in [9.17, 15) is 0 Å². The Bertz CT molecular complexity index is 171. The lowest BCUT2D eigenvalue weighted by molar-refractivity contribution is 0.412. The van der Waals surface area contributed by atoms with Crippen LogP contribution >= 0.6 is 23.7 Å². The predicted octanol–water partition coefficient (Wildman–Crippen LogP) is 1.64. The zero-order valence-corrected chi connectivity index (χ0v) is 7.30. The van der Waals surface area contributed by atoms with E-state index < -0.39 is 0 Å². The van der Waals surface area contributed by atoms with Gasteiger partial charge in [-0.25, -0.2) is 0 Å². The molecule has 0 saturated carbocycles. The van der Waals surface area contributed by atoms with Gasteiger partial charge in [-0.1, -0.05) is 0 Å². The molecule has 0 aromatic carbocycles. The SMILES string of the molecule is COc1ccsc1CN.Cl. The second-order valence-corrected chi connectivity index (χ2v) is 2.62. The molecular weight excluding hydrogens is 170 g/mol. The molecule has 2 nitrogen and oxygen atoms in total. The smallest absolute Gasteiger partial charge is 0.134 e. The van der Waals surface area contributed by atoms with Crippen LogP contribution in [0.15, 0.2) is 11.4 Å². The van der Waals surface area contributed by atoms with Crippen molar-refractivity contribution in [3.63, 3.8) is 0 Å². The predicted molar refractivity (Wildman–Crippen MR) is 46.0 cm³/mol. The van der Waals surface area contributed by atoms with Gasteiger partial charge in [-0.3, -0.25) is 0 Å². The van der Waals surface area contributed by atoms with E-state index in [0.29, 0.717) is 6.54 Å². The Morgan fingerprint density at radius 3 is 2.80 bits per heavy atom. The molecule has 0 amide bonds. The zero-order chi connectivity index (χ0) is 6.69. The highest BCUT2D eigenvalue weighted by atomic mass is 35.5. The second kappa shape index (κ2) is 4.55. The third-order valence-corrected chi connectivity index (χ3v) is 2.03. The number of thiophene rings is 1. The first-order valence-electron chi connectivity index (χ1n) is 2.69. The van der Waals surface area contributed by atoms with Gasteiger partial charge < -0.3 is 10.5 Å². The molecule has 0 aliphatic carbocycles. The average molecular weight is 180 g/mol. The molecule has 2 N–H and O–H groups in total. The lowest BCUT2D eigenvalue weighted by atomic mass is 10.4. The van der Waals surface area contributed by atoms with Crippen molar-refractivity contribution in [1.82, 2.24) is 0 Å². The molecule has 0 aliphatic heterocycles. The summed E-state index contributed by atoms with van der Waals surface area (Å²) in [5.41, 5.74) is 5.40. The molecule has 0 atom stereocenters. The van der Waals surface area contributed by atoms with Crippen LogP contribution < -0.4 is 10.5 Å². The van der Waals surface area contributed by atoms with Crippen molar-refractivity contribution in [3.8, 4) is 5.75 Å². The fraction of sp³-hybridized carbons (Fsp3) is 0.333. The Labute approximate surface area is 70.4 Å². The largest absolute Gasteiger partial charge is 0.496 e. The molecule has 10 heavy (non-hydrogen) atoms. The highest BCUT2D eigenvalue weighted by molar-refractivity contribution is 7.10. The molecule has 1 aromatic rings. The lowest BCUT2D eigenvalue weighted by Gasteiger charge is -1.96. The van der Waals surface area contributed by atoms with Crippen LogP contribution in [-0.2, 0) is 6.54 Å². The Hall–Kier alpha value is -0.250. The van der Waals surface area contributed by atoms with Crippen molar-refractivity contribution in [2.24, 2.45) is 5.73 Å². The molecule has 0 spiro atoms. The van der Waals surface area contributed by atoms with Crippen LogP contribution in [0.4, 0.5) is 0 Å². The van der Waals surface area contributed by atoms with Gasteiger partial charge in [0, 0.05) is 6.54 Å². The molecule has 0 fully saturated rings. The van der Waals surface area contributed by atoms with Gasteiger partial charge in [0.25, 0.3) is 0 Å². The van der Waals surface area contributed by atoms with Crippen LogP contribution in [0.25, 0.3) is 0 Å². The van der Waals surface area contributed by atoms with Crippen molar-refractivity contribution in [1.29, 1.82) is 0 Å². The van der Waals surface area contributed by atoms with Crippen molar-refractivity contribution in [3.05, 3.63) is 16.3 Å². The monoisotopic (exact) mass is 179 g/mol. The quantitative estimate of drug-likeness (QED) is 0.749. The first-order valence-corrected chi connectivity index (χ1v) is 3.57. The summed E-state index contributed by atoms with van der Waals surface area (Å²) >= 11 is 1.62. The van der Waals surface area contributed by atoms with E-state index in [1.807, 2.05) is 11.4 Å². The highest BCUT2D eigenvalue weighted by Gasteiger charge is 1.99. The van der Waals surface area contributed by atoms with Crippen molar-refractivity contribution in [2.75, 3.05) is 7.11 Å². The Balaban J connectivity index is 0.000000810. The van der Waals surface area contributed by atoms with Crippen LogP contribution in [0.1, 0.15) is 4.88 Å². The molecule has 0 aliphatic rings. The molecule has 0 radical (unpaired) electrons. The molecule has 4 heteroatoms. The van der Waals surface area contributed by atoms with Gasteiger partial charge in [0.2, 0.25) is 0 Å². The van der Waals surface area contributed by atoms with E-state index in [0.717, 1.165) is 10.6 Å². The molecule has 0 unspecified atom stereocenters. The number of rotatable bonds is 2. The molecule has 1 heterocycles. The maximum absolute atomic E-state index is 5.40. The third-order valence-electron chi connectivity index (χ3n) is 1.11. The minimum atomic E-state index is 0. The van der Waals surface area contributed by atoms with E-state index >= 15 is 0 Å². The highest BCUT2D eigenvalue weighted by Crippen LogP contribution is 2.22. The summed E-state index contributed by atoms with van der Waals surface area (Å²) in [6, 6.07) is 1.92. The minimum Gasteiger partial charge on any atom is -0.496 e. The summed E-state index contributed by atoms with van der Waals surface area (Å²) in [5.74, 6) is 0.905. The van der Waals surface area contributed by atoms with Crippen LogP contribution in [-0.4, -0.2) is 7.11 Å². The summed E-state index contributed by atoms with van der Waals surface area (Å²) in [7, 11) is 1.65. The number of methoxy groups -OCH3 is 1. The first-order chi connectivity index (χ1) is 4.38. The van der Waals surface area contributed by atoms with Gasteiger partial charge in [-0.2, -0.15) is 0 Å².